The molecule has 0 aliphatic carbocycles. The molecule has 1 rings (SSSR count). The topological polar surface area (TPSA) is 59.2 Å². The average Bonchev–Trinajstić information content (AvgIpc) is 2.14. The van der Waals surface area contributed by atoms with E-state index in [1.54, 1.807) is 12.4 Å². The van der Waals surface area contributed by atoms with Gasteiger partial charge in [0.2, 0.25) is 5.91 Å². The van der Waals surface area contributed by atoms with E-state index in [-0.39, 0.29) is 12.5 Å². The van der Waals surface area contributed by atoms with Crippen molar-refractivity contribution >= 4 is 21.8 Å². The highest BCUT2D eigenvalue weighted by atomic mass is 79.9. The molecule has 0 saturated carbocycles. The zero-order valence-electron chi connectivity index (χ0n) is 10.2. The van der Waals surface area contributed by atoms with Crippen LogP contribution in [0.5, 0.6) is 0 Å². The van der Waals surface area contributed by atoms with E-state index < -0.39 is 0 Å². The number of nitrogens with zero attached hydrogens (tertiary/aromatic N) is 2. The number of carbonyl (C=O) groups is 1. The molecule has 2 N–H and O–H groups in total. The Labute approximate surface area is 110 Å². The lowest BCUT2D eigenvalue weighted by molar-refractivity contribution is -0.119. The largest absolute Gasteiger partial charge is 0.369 e. The van der Waals surface area contributed by atoms with Crippen molar-refractivity contribution in [3.8, 4) is 0 Å². The highest BCUT2D eigenvalue weighted by Crippen LogP contribution is 2.12. The molecule has 5 heteroatoms. The van der Waals surface area contributed by atoms with Gasteiger partial charge in [0.15, 0.2) is 0 Å². The van der Waals surface area contributed by atoms with Crippen LogP contribution in [0, 0.1) is 5.92 Å². The first-order valence-corrected chi connectivity index (χ1v) is 6.36. The molecule has 0 atom stereocenters. The van der Waals surface area contributed by atoms with Gasteiger partial charge >= 0.3 is 0 Å². The summed E-state index contributed by atoms with van der Waals surface area (Å²) < 4.78 is 0.943. The lowest BCUT2D eigenvalue weighted by Crippen LogP contribution is -2.35. The molecule has 0 aromatic carbocycles. The molecule has 0 aliphatic rings. The molecule has 0 unspecified atom stereocenters. The molecule has 4 nitrogen and oxygen atoms in total. The Morgan fingerprint density at radius 1 is 1.53 bits per heavy atom. The van der Waals surface area contributed by atoms with Crippen molar-refractivity contribution in [2.45, 2.75) is 20.4 Å². The van der Waals surface area contributed by atoms with Crippen LogP contribution in [0.15, 0.2) is 22.9 Å². The smallest absolute Gasteiger partial charge is 0.231 e. The van der Waals surface area contributed by atoms with Crippen LogP contribution in [0.3, 0.4) is 0 Å². The third-order valence-electron chi connectivity index (χ3n) is 2.17. The van der Waals surface area contributed by atoms with Crippen molar-refractivity contribution in [3.63, 3.8) is 0 Å². The van der Waals surface area contributed by atoms with Crippen molar-refractivity contribution in [1.82, 2.24) is 9.88 Å². The van der Waals surface area contributed by atoms with E-state index in [1.807, 2.05) is 11.0 Å². The Hall–Kier alpha value is -0.940. The molecule has 0 aliphatic heterocycles. The SMILES string of the molecule is CC(C)CN(CC(N)=O)Cc1cncc(Br)c1. The zero-order valence-corrected chi connectivity index (χ0v) is 11.8. The van der Waals surface area contributed by atoms with Crippen LogP contribution in [0.4, 0.5) is 0 Å². The van der Waals surface area contributed by atoms with E-state index in [2.05, 4.69) is 34.8 Å². The molecule has 0 bridgehead atoms. The molecular weight excluding hydrogens is 282 g/mol. The second-order valence-electron chi connectivity index (χ2n) is 4.54. The maximum absolute atomic E-state index is 11.0. The van der Waals surface area contributed by atoms with Gasteiger partial charge in [0.05, 0.1) is 6.54 Å². The maximum atomic E-state index is 11.0. The summed E-state index contributed by atoms with van der Waals surface area (Å²) in [7, 11) is 0. The van der Waals surface area contributed by atoms with Crippen LogP contribution >= 0.6 is 15.9 Å². The van der Waals surface area contributed by atoms with Gasteiger partial charge in [-0.15, -0.1) is 0 Å². The third kappa shape index (κ3) is 5.79. The van der Waals surface area contributed by atoms with Gasteiger partial charge in [-0.3, -0.25) is 14.7 Å². The Bertz CT molecular complexity index is 382. The van der Waals surface area contributed by atoms with Crippen LogP contribution in [-0.2, 0) is 11.3 Å². The molecule has 1 heterocycles. The van der Waals surface area contributed by atoms with E-state index in [9.17, 15) is 4.79 Å². The van der Waals surface area contributed by atoms with E-state index in [4.69, 9.17) is 5.73 Å². The van der Waals surface area contributed by atoms with Crippen LogP contribution in [0.25, 0.3) is 0 Å². The number of primary amides is 1. The number of carbonyl (C=O) groups excluding carboxylic acids is 1. The first-order chi connectivity index (χ1) is 7.97. The average molecular weight is 300 g/mol. The van der Waals surface area contributed by atoms with Gasteiger partial charge < -0.3 is 5.73 Å². The summed E-state index contributed by atoms with van der Waals surface area (Å²) in [4.78, 5) is 17.1. The van der Waals surface area contributed by atoms with Crippen molar-refractivity contribution in [2.75, 3.05) is 13.1 Å². The van der Waals surface area contributed by atoms with Gasteiger partial charge in [0.25, 0.3) is 0 Å². The molecule has 0 spiro atoms. The molecular formula is C12H18BrN3O. The van der Waals surface area contributed by atoms with E-state index in [0.717, 1.165) is 16.6 Å². The second kappa shape index (κ2) is 6.71. The highest BCUT2D eigenvalue weighted by molar-refractivity contribution is 9.10. The van der Waals surface area contributed by atoms with Gasteiger partial charge in [-0.1, -0.05) is 13.8 Å². The van der Waals surface area contributed by atoms with E-state index in [1.165, 1.54) is 0 Å². The molecule has 94 valence electrons. The number of nitrogens with two attached hydrogens (primary N) is 1. The van der Waals surface area contributed by atoms with Gasteiger partial charge in [-0.25, -0.2) is 0 Å². The van der Waals surface area contributed by atoms with Crippen molar-refractivity contribution in [2.24, 2.45) is 11.7 Å². The lowest BCUT2D eigenvalue weighted by atomic mass is 10.2. The van der Waals surface area contributed by atoms with Gasteiger partial charge in [0.1, 0.15) is 0 Å². The Morgan fingerprint density at radius 3 is 2.76 bits per heavy atom. The molecule has 0 fully saturated rings. The number of halogens is 1. The zero-order chi connectivity index (χ0) is 12.8. The molecule has 1 aromatic heterocycles. The number of hydrogen-bond donors (Lipinski definition) is 1. The summed E-state index contributed by atoms with van der Waals surface area (Å²) in [6, 6.07) is 2.00. The van der Waals surface area contributed by atoms with E-state index >= 15 is 0 Å². The summed E-state index contributed by atoms with van der Waals surface area (Å²) in [5.41, 5.74) is 6.32. The fourth-order valence-electron chi connectivity index (χ4n) is 1.72. The lowest BCUT2D eigenvalue weighted by Gasteiger charge is -2.22. The van der Waals surface area contributed by atoms with Crippen LogP contribution in [0.2, 0.25) is 0 Å². The number of amides is 1. The van der Waals surface area contributed by atoms with Gasteiger partial charge in [-0.05, 0) is 33.5 Å². The second-order valence-corrected chi connectivity index (χ2v) is 5.46. The fraction of sp³-hybridized carbons (Fsp3) is 0.500. The van der Waals surface area contributed by atoms with Crippen molar-refractivity contribution < 1.29 is 4.79 Å². The monoisotopic (exact) mass is 299 g/mol. The molecule has 17 heavy (non-hydrogen) atoms. The van der Waals surface area contributed by atoms with Crippen molar-refractivity contribution in [3.05, 3.63) is 28.5 Å². The predicted octanol–water partition coefficient (Wildman–Crippen LogP) is 1.79. The van der Waals surface area contributed by atoms with Crippen LogP contribution in [-0.4, -0.2) is 28.9 Å². The van der Waals surface area contributed by atoms with Crippen molar-refractivity contribution in [1.29, 1.82) is 0 Å². The Morgan fingerprint density at radius 2 is 2.24 bits per heavy atom. The predicted molar refractivity (Wildman–Crippen MR) is 71.2 cm³/mol. The summed E-state index contributed by atoms with van der Waals surface area (Å²) >= 11 is 3.38. The molecule has 1 amide bonds. The summed E-state index contributed by atoms with van der Waals surface area (Å²) in [5, 5.41) is 0. The third-order valence-corrected chi connectivity index (χ3v) is 2.60. The Balaban J connectivity index is 2.67. The number of aromatic nitrogens is 1. The van der Waals surface area contributed by atoms with Crippen LogP contribution < -0.4 is 5.73 Å². The van der Waals surface area contributed by atoms with E-state index in [0.29, 0.717) is 12.5 Å². The molecule has 1 aromatic rings. The number of rotatable bonds is 6. The van der Waals surface area contributed by atoms with Gasteiger partial charge in [-0.2, -0.15) is 0 Å². The first kappa shape index (κ1) is 14.1. The number of hydrogen-bond acceptors (Lipinski definition) is 3. The standard InChI is InChI=1S/C12H18BrN3O/c1-9(2)6-16(8-12(14)17)7-10-3-11(13)5-15-4-10/h3-5,9H,6-8H2,1-2H3,(H2,14,17). The first-order valence-electron chi connectivity index (χ1n) is 5.57. The molecule has 0 saturated heterocycles. The minimum absolute atomic E-state index is 0.282. The van der Waals surface area contributed by atoms with Crippen LogP contribution in [0.1, 0.15) is 19.4 Å². The Kier molecular flexibility index (Phi) is 5.58. The fourth-order valence-corrected chi connectivity index (χ4v) is 2.13. The summed E-state index contributed by atoms with van der Waals surface area (Å²) in [5.74, 6) is 0.197. The van der Waals surface area contributed by atoms with Gasteiger partial charge in [0, 0.05) is 30.0 Å². The molecule has 0 radical (unpaired) electrons. The highest BCUT2D eigenvalue weighted by Gasteiger charge is 2.11. The maximum Gasteiger partial charge on any atom is 0.231 e. The number of pyridine rings is 1. The summed E-state index contributed by atoms with van der Waals surface area (Å²) in [6.07, 6.45) is 3.55. The quantitative estimate of drug-likeness (QED) is 0.871. The normalized spacial score (nSPS) is 11.1. The minimum Gasteiger partial charge on any atom is -0.369 e. The minimum atomic E-state index is -0.298. The summed E-state index contributed by atoms with van der Waals surface area (Å²) in [6.45, 7) is 6.05.